The van der Waals surface area contributed by atoms with Crippen LogP contribution in [0.25, 0.3) is 0 Å². The summed E-state index contributed by atoms with van der Waals surface area (Å²) in [5.41, 5.74) is 5.18. The SMILES string of the molecule is CC(N)C(OCC1CC1)C(F)(F)F. The fraction of sp³-hybridized carbons (Fsp3) is 1.00. The van der Waals surface area contributed by atoms with E-state index in [0.29, 0.717) is 5.92 Å². The van der Waals surface area contributed by atoms with Crippen molar-refractivity contribution in [2.45, 2.75) is 38.1 Å². The van der Waals surface area contributed by atoms with Crippen molar-refractivity contribution < 1.29 is 17.9 Å². The molecule has 0 aromatic carbocycles. The summed E-state index contributed by atoms with van der Waals surface area (Å²) in [5.74, 6) is 0.323. The lowest BCUT2D eigenvalue weighted by Gasteiger charge is -2.23. The lowest BCUT2D eigenvalue weighted by atomic mass is 10.2. The first-order valence-electron chi connectivity index (χ1n) is 4.35. The average molecular weight is 197 g/mol. The first-order chi connectivity index (χ1) is 5.91. The van der Waals surface area contributed by atoms with Crippen molar-refractivity contribution in [3.8, 4) is 0 Å². The van der Waals surface area contributed by atoms with Crippen LogP contribution in [0, 0.1) is 5.92 Å². The Balaban J connectivity index is 2.36. The highest BCUT2D eigenvalue weighted by atomic mass is 19.4. The van der Waals surface area contributed by atoms with Gasteiger partial charge in [0.15, 0.2) is 6.10 Å². The highest BCUT2D eigenvalue weighted by Gasteiger charge is 2.43. The second-order valence-corrected chi connectivity index (χ2v) is 3.60. The summed E-state index contributed by atoms with van der Waals surface area (Å²) in [6, 6.07) is -1.00. The van der Waals surface area contributed by atoms with E-state index in [0.717, 1.165) is 12.8 Å². The van der Waals surface area contributed by atoms with Gasteiger partial charge in [-0.2, -0.15) is 13.2 Å². The summed E-state index contributed by atoms with van der Waals surface area (Å²) >= 11 is 0. The zero-order valence-corrected chi connectivity index (χ0v) is 7.47. The van der Waals surface area contributed by atoms with Gasteiger partial charge in [0.05, 0.1) is 6.61 Å². The van der Waals surface area contributed by atoms with Gasteiger partial charge >= 0.3 is 6.18 Å². The maximum absolute atomic E-state index is 12.2. The molecule has 1 aliphatic rings. The Labute approximate surface area is 75.2 Å². The Kier molecular flexibility index (Phi) is 3.18. The second-order valence-electron chi connectivity index (χ2n) is 3.60. The number of nitrogens with two attached hydrogens (primary N) is 1. The first-order valence-corrected chi connectivity index (χ1v) is 4.35. The Bertz CT molecular complexity index is 165. The summed E-state index contributed by atoms with van der Waals surface area (Å²) in [6.07, 6.45) is -4.20. The van der Waals surface area contributed by atoms with Gasteiger partial charge in [-0.3, -0.25) is 0 Å². The minimum Gasteiger partial charge on any atom is -0.367 e. The van der Waals surface area contributed by atoms with Crippen molar-refractivity contribution in [3.63, 3.8) is 0 Å². The van der Waals surface area contributed by atoms with E-state index in [2.05, 4.69) is 0 Å². The predicted molar refractivity (Wildman–Crippen MR) is 42.2 cm³/mol. The van der Waals surface area contributed by atoms with E-state index >= 15 is 0 Å². The number of alkyl halides is 3. The number of ether oxygens (including phenoxy) is 1. The quantitative estimate of drug-likeness (QED) is 0.744. The zero-order valence-electron chi connectivity index (χ0n) is 7.47. The minimum absolute atomic E-state index is 0.186. The number of rotatable bonds is 4. The molecule has 0 aliphatic heterocycles. The van der Waals surface area contributed by atoms with Crippen molar-refractivity contribution in [1.82, 2.24) is 0 Å². The number of hydrogen-bond donors (Lipinski definition) is 1. The summed E-state index contributed by atoms with van der Waals surface area (Å²) < 4.78 is 41.5. The van der Waals surface area contributed by atoms with Crippen molar-refractivity contribution in [2.75, 3.05) is 6.61 Å². The van der Waals surface area contributed by atoms with Gasteiger partial charge in [0, 0.05) is 6.04 Å². The minimum atomic E-state index is -4.34. The predicted octanol–water partition coefficient (Wildman–Crippen LogP) is 1.69. The molecule has 0 aromatic heterocycles. The Morgan fingerprint density at radius 2 is 2.00 bits per heavy atom. The molecule has 0 spiro atoms. The van der Waals surface area contributed by atoms with Crippen LogP contribution in [0.2, 0.25) is 0 Å². The summed E-state index contributed by atoms with van der Waals surface area (Å²) in [6.45, 7) is 1.50. The van der Waals surface area contributed by atoms with Crippen LogP contribution < -0.4 is 5.73 Å². The fourth-order valence-corrected chi connectivity index (χ4v) is 1.07. The van der Waals surface area contributed by atoms with Crippen LogP contribution in [0.3, 0.4) is 0 Å². The van der Waals surface area contributed by atoms with E-state index < -0.39 is 18.3 Å². The van der Waals surface area contributed by atoms with E-state index in [9.17, 15) is 13.2 Å². The second kappa shape index (κ2) is 3.84. The van der Waals surface area contributed by atoms with Crippen LogP contribution in [0.15, 0.2) is 0 Å². The molecule has 2 atom stereocenters. The average Bonchev–Trinajstić information content (AvgIpc) is 2.66. The Morgan fingerprint density at radius 3 is 2.31 bits per heavy atom. The van der Waals surface area contributed by atoms with Crippen molar-refractivity contribution >= 4 is 0 Å². The first kappa shape index (κ1) is 10.8. The van der Waals surface area contributed by atoms with Gasteiger partial charge in [-0.25, -0.2) is 0 Å². The fourth-order valence-electron chi connectivity index (χ4n) is 1.07. The molecule has 2 unspecified atom stereocenters. The van der Waals surface area contributed by atoms with Gasteiger partial charge < -0.3 is 10.5 Å². The Hall–Kier alpha value is -0.290. The molecule has 2 N–H and O–H groups in total. The third-order valence-electron chi connectivity index (χ3n) is 2.01. The summed E-state index contributed by atoms with van der Waals surface area (Å²) in [5, 5.41) is 0. The molecule has 13 heavy (non-hydrogen) atoms. The van der Waals surface area contributed by atoms with Gasteiger partial charge in [0.25, 0.3) is 0 Å². The molecule has 1 rings (SSSR count). The van der Waals surface area contributed by atoms with Crippen LogP contribution in [0.1, 0.15) is 19.8 Å². The topological polar surface area (TPSA) is 35.2 Å². The number of hydrogen-bond acceptors (Lipinski definition) is 2. The van der Waals surface area contributed by atoms with Crippen LogP contribution in [0.4, 0.5) is 13.2 Å². The monoisotopic (exact) mass is 197 g/mol. The number of halogens is 3. The van der Waals surface area contributed by atoms with Crippen LogP contribution in [0.5, 0.6) is 0 Å². The van der Waals surface area contributed by atoms with Crippen molar-refractivity contribution in [1.29, 1.82) is 0 Å². The lowest BCUT2D eigenvalue weighted by molar-refractivity contribution is -0.226. The summed E-state index contributed by atoms with van der Waals surface area (Å²) in [4.78, 5) is 0. The maximum Gasteiger partial charge on any atom is 0.416 e. The van der Waals surface area contributed by atoms with Crippen LogP contribution in [-0.4, -0.2) is 24.9 Å². The maximum atomic E-state index is 12.2. The van der Waals surface area contributed by atoms with Crippen LogP contribution >= 0.6 is 0 Å². The highest BCUT2D eigenvalue weighted by molar-refractivity contribution is 4.79. The molecule has 0 bridgehead atoms. The molecule has 0 amide bonds. The highest BCUT2D eigenvalue weighted by Crippen LogP contribution is 2.32. The van der Waals surface area contributed by atoms with Gasteiger partial charge in [-0.15, -0.1) is 0 Å². The third-order valence-corrected chi connectivity index (χ3v) is 2.01. The molecule has 0 radical (unpaired) electrons. The molecule has 0 saturated heterocycles. The standard InChI is InChI=1S/C8H14F3NO/c1-5(12)7(8(9,10)11)13-4-6-2-3-6/h5-7H,2-4,12H2,1H3. The molecule has 1 fully saturated rings. The molecule has 0 aromatic rings. The van der Waals surface area contributed by atoms with E-state index in [-0.39, 0.29) is 6.61 Å². The van der Waals surface area contributed by atoms with E-state index in [1.165, 1.54) is 6.92 Å². The molecule has 1 aliphatic carbocycles. The van der Waals surface area contributed by atoms with E-state index in [1.54, 1.807) is 0 Å². The van der Waals surface area contributed by atoms with Gasteiger partial charge in [0.2, 0.25) is 0 Å². The summed E-state index contributed by atoms with van der Waals surface area (Å²) in [7, 11) is 0. The lowest BCUT2D eigenvalue weighted by Crippen LogP contribution is -2.45. The molecule has 1 saturated carbocycles. The van der Waals surface area contributed by atoms with Crippen molar-refractivity contribution in [3.05, 3.63) is 0 Å². The van der Waals surface area contributed by atoms with Crippen molar-refractivity contribution in [2.24, 2.45) is 11.7 Å². The van der Waals surface area contributed by atoms with Gasteiger partial charge in [0.1, 0.15) is 0 Å². The molecule has 0 heterocycles. The molecular weight excluding hydrogens is 183 g/mol. The smallest absolute Gasteiger partial charge is 0.367 e. The normalized spacial score (nSPS) is 22.8. The van der Waals surface area contributed by atoms with E-state index in [4.69, 9.17) is 10.5 Å². The zero-order chi connectivity index (χ0) is 10.1. The van der Waals surface area contributed by atoms with Gasteiger partial charge in [-0.1, -0.05) is 0 Å². The third kappa shape index (κ3) is 3.52. The largest absolute Gasteiger partial charge is 0.416 e. The van der Waals surface area contributed by atoms with E-state index in [1.807, 2.05) is 0 Å². The molecule has 5 heteroatoms. The van der Waals surface area contributed by atoms with Gasteiger partial charge in [-0.05, 0) is 25.7 Å². The molecule has 2 nitrogen and oxygen atoms in total. The molecular formula is C8H14F3NO. The molecule has 78 valence electrons. The van der Waals surface area contributed by atoms with Crippen LogP contribution in [-0.2, 0) is 4.74 Å². The Morgan fingerprint density at radius 1 is 1.46 bits per heavy atom.